The van der Waals surface area contributed by atoms with E-state index in [1.807, 2.05) is 26.0 Å². The monoisotopic (exact) mass is 432 g/mol. The summed E-state index contributed by atoms with van der Waals surface area (Å²) in [5.41, 5.74) is 4.90. The Morgan fingerprint density at radius 1 is 0.938 bits per heavy atom. The minimum absolute atomic E-state index is 0.267. The van der Waals surface area contributed by atoms with Crippen LogP contribution in [0.15, 0.2) is 71.8 Å². The van der Waals surface area contributed by atoms with Gasteiger partial charge < -0.3 is 14.2 Å². The van der Waals surface area contributed by atoms with Crippen molar-refractivity contribution in [2.45, 2.75) is 13.8 Å². The first-order chi connectivity index (χ1) is 15.5. The second kappa shape index (κ2) is 10.8. The third-order valence-corrected chi connectivity index (χ3v) is 4.57. The summed E-state index contributed by atoms with van der Waals surface area (Å²) >= 11 is 0. The number of amides is 1. The minimum Gasteiger partial charge on any atom is -0.496 e. The molecule has 0 heterocycles. The first kappa shape index (κ1) is 22.6. The molecule has 0 unspecified atom stereocenters. The average Bonchev–Trinajstić information content (AvgIpc) is 2.81. The molecular formula is C25H24N2O5. The summed E-state index contributed by atoms with van der Waals surface area (Å²) in [4.78, 5) is 24.9. The standard InChI is InChI=1S/C25H24N2O5/c1-4-31-23-15-18(16-26-27-24(28)19-10-6-5-9-17(19)2)13-14-22(23)32-25(29)20-11-7-8-12-21(20)30-3/h5-16H,4H2,1-3H3,(H,27,28)/b26-16-. The Morgan fingerprint density at radius 3 is 2.38 bits per heavy atom. The molecule has 0 aromatic heterocycles. The number of carbonyl (C=O) groups excluding carboxylic acids is 2. The maximum absolute atomic E-state index is 12.6. The lowest BCUT2D eigenvalue weighted by molar-refractivity contribution is 0.0724. The number of nitrogens with one attached hydrogen (secondary N) is 1. The fourth-order valence-corrected chi connectivity index (χ4v) is 2.98. The summed E-state index contributed by atoms with van der Waals surface area (Å²) in [5.74, 6) is 0.208. The zero-order valence-corrected chi connectivity index (χ0v) is 18.1. The molecule has 0 saturated heterocycles. The van der Waals surface area contributed by atoms with Gasteiger partial charge in [0.2, 0.25) is 0 Å². The number of hydrazone groups is 1. The van der Waals surface area contributed by atoms with Crippen LogP contribution in [0.4, 0.5) is 0 Å². The van der Waals surface area contributed by atoms with Crippen LogP contribution in [0.25, 0.3) is 0 Å². The molecule has 7 nitrogen and oxygen atoms in total. The molecule has 3 aromatic carbocycles. The molecular weight excluding hydrogens is 408 g/mol. The van der Waals surface area contributed by atoms with Gasteiger partial charge in [0.15, 0.2) is 11.5 Å². The molecule has 0 atom stereocenters. The molecule has 0 fully saturated rings. The van der Waals surface area contributed by atoms with Crippen molar-refractivity contribution in [1.29, 1.82) is 0 Å². The fraction of sp³-hybridized carbons (Fsp3) is 0.160. The number of rotatable bonds is 8. The van der Waals surface area contributed by atoms with E-state index in [1.165, 1.54) is 13.3 Å². The number of carbonyl (C=O) groups is 2. The highest BCUT2D eigenvalue weighted by Gasteiger charge is 2.17. The van der Waals surface area contributed by atoms with E-state index in [4.69, 9.17) is 14.2 Å². The molecule has 7 heteroatoms. The molecule has 0 aliphatic rings. The van der Waals surface area contributed by atoms with Gasteiger partial charge in [0.25, 0.3) is 5.91 Å². The molecule has 1 N–H and O–H groups in total. The molecule has 0 spiro atoms. The number of nitrogens with zero attached hydrogens (tertiary/aromatic N) is 1. The number of hydrogen-bond donors (Lipinski definition) is 1. The SMILES string of the molecule is CCOc1cc(/C=N\NC(=O)c2ccccc2C)ccc1OC(=O)c1ccccc1OC. The van der Waals surface area contributed by atoms with E-state index in [-0.39, 0.29) is 11.7 Å². The van der Waals surface area contributed by atoms with E-state index in [1.54, 1.807) is 54.6 Å². The summed E-state index contributed by atoms with van der Waals surface area (Å²) in [5, 5.41) is 4.02. The summed E-state index contributed by atoms with van der Waals surface area (Å²) in [6.07, 6.45) is 1.49. The number of ether oxygens (including phenoxy) is 3. The van der Waals surface area contributed by atoms with Crippen LogP contribution >= 0.6 is 0 Å². The highest BCUT2D eigenvalue weighted by atomic mass is 16.6. The number of aryl methyl sites for hydroxylation is 1. The van der Waals surface area contributed by atoms with Crippen LogP contribution < -0.4 is 19.6 Å². The van der Waals surface area contributed by atoms with Gasteiger partial charge in [0.05, 0.1) is 19.9 Å². The van der Waals surface area contributed by atoms with Crippen molar-refractivity contribution >= 4 is 18.1 Å². The van der Waals surface area contributed by atoms with Crippen LogP contribution in [0.5, 0.6) is 17.2 Å². The largest absolute Gasteiger partial charge is 0.496 e. The fourth-order valence-electron chi connectivity index (χ4n) is 2.98. The zero-order valence-electron chi connectivity index (χ0n) is 18.1. The maximum Gasteiger partial charge on any atom is 0.347 e. The third kappa shape index (κ3) is 5.51. The van der Waals surface area contributed by atoms with Crippen LogP contribution in [0.2, 0.25) is 0 Å². The minimum atomic E-state index is -0.560. The lowest BCUT2D eigenvalue weighted by atomic mass is 10.1. The van der Waals surface area contributed by atoms with E-state index in [0.29, 0.717) is 34.8 Å². The Kier molecular flexibility index (Phi) is 7.59. The highest BCUT2D eigenvalue weighted by molar-refractivity contribution is 5.96. The lowest BCUT2D eigenvalue weighted by Gasteiger charge is -2.12. The summed E-state index contributed by atoms with van der Waals surface area (Å²) in [6, 6.07) is 19.1. The molecule has 3 aromatic rings. The molecule has 1 amide bonds. The highest BCUT2D eigenvalue weighted by Crippen LogP contribution is 2.30. The van der Waals surface area contributed by atoms with Crippen molar-refractivity contribution in [2.75, 3.05) is 13.7 Å². The van der Waals surface area contributed by atoms with Crippen molar-refractivity contribution in [3.8, 4) is 17.2 Å². The average molecular weight is 432 g/mol. The predicted octanol–water partition coefficient (Wildman–Crippen LogP) is 4.39. The van der Waals surface area contributed by atoms with Gasteiger partial charge in [-0.05, 0) is 61.4 Å². The Morgan fingerprint density at radius 2 is 1.66 bits per heavy atom. The van der Waals surface area contributed by atoms with Crippen molar-refractivity contribution in [3.05, 3.63) is 89.0 Å². The molecule has 164 valence electrons. The van der Waals surface area contributed by atoms with Crippen LogP contribution in [0.3, 0.4) is 0 Å². The summed E-state index contributed by atoms with van der Waals surface area (Å²) in [7, 11) is 1.49. The van der Waals surface area contributed by atoms with E-state index >= 15 is 0 Å². The predicted molar refractivity (Wildman–Crippen MR) is 122 cm³/mol. The van der Waals surface area contributed by atoms with Gasteiger partial charge in [-0.3, -0.25) is 4.79 Å². The van der Waals surface area contributed by atoms with Crippen LogP contribution in [0, 0.1) is 6.92 Å². The Balaban J connectivity index is 1.74. The van der Waals surface area contributed by atoms with Crippen LogP contribution in [0.1, 0.15) is 38.8 Å². The van der Waals surface area contributed by atoms with Gasteiger partial charge in [-0.15, -0.1) is 0 Å². The number of benzene rings is 3. The molecule has 32 heavy (non-hydrogen) atoms. The van der Waals surface area contributed by atoms with E-state index < -0.39 is 5.97 Å². The van der Waals surface area contributed by atoms with Crippen molar-refractivity contribution in [3.63, 3.8) is 0 Å². The van der Waals surface area contributed by atoms with Crippen LogP contribution in [-0.2, 0) is 0 Å². The number of para-hydroxylation sites is 1. The van der Waals surface area contributed by atoms with E-state index in [9.17, 15) is 9.59 Å². The van der Waals surface area contributed by atoms with E-state index in [0.717, 1.165) is 5.56 Å². The number of hydrogen-bond acceptors (Lipinski definition) is 6. The summed E-state index contributed by atoms with van der Waals surface area (Å²) < 4.78 is 16.4. The Labute approximate surface area is 186 Å². The third-order valence-electron chi connectivity index (χ3n) is 4.57. The molecule has 0 radical (unpaired) electrons. The van der Waals surface area contributed by atoms with Gasteiger partial charge in [-0.1, -0.05) is 30.3 Å². The second-order valence-electron chi connectivity index (χ2n) is 6.74. The molecule has 0 saturated carbocycles. The smallest absolute Gasteiger partial charge is 0.347 e. The Bertz CT molecular complexity index is 1140. The van der Waals surface area contributed by atoms with Gasteiger partial charge in [0.1, 0.15) is 11.3 Å². The lowest BCUT2D eigenvalue weighted by Crippen LogP contribution is -2.18. The van der Waals surface area contributed by atoms with E-state index in [2.05, 4.69) is 10.5 Å². The number of esters is 1. The molecule has 0 aliphatic carbocycles. The zero-order chi connectivity index (χ0) is 22.9. The summed E-state index contributed by atoms with van der Waals surface area (Å²) in [6.45, 7) is 4.07. The first-order valence-electron chi connectivity index (χ1n) is 10.0. The van der Waals surface area contributed by atoms with Gasteiger partial charge in [-0.25, -0.2) is 10.2 Å². The molecule has 3 rings (SSSR count). The van der Waals surface area contributed by atoms with Crippen LogP contribution in [-0.4, -0.2) is 31.8 Å². The van der Waals surface area contributed by atoms with Crippen molar-refractivity contribution in [2.24, 2.45) is 5.10 Å². The molecule has 0 aliphatic heterocycles. The quantitative estimate of drug-likeness (QED) is 0.247. The normalized spacial score (nSPS) is 10.6. The Hall–Kier alpha value is -4.13. The first-order valence-corrected chi connectivity index (χ1v) is 10.0. The van der Waals surface area contributed by atoms with Crippen molar-refractivity contribution in [1.82, 2.24) is 5.43 Å². The maximum atomic E-state index is 12.6. The van der Waals surface area contributed by atoms with Gasteiger partial charge in [0, 0.05) is 5.56 Å². The number of methoxy groups -OCH3 is 1. The second-order valence-corrected chi connectivity index (χ2v) is 6.74. The molecule has 0 bridgehead atoms. The van der Waals surface area contributed by atoms with Gasteiger partial charge in [-0.2, -0.15) is 5.10 Å². The van der Waals surface area contributed by atoms with Gasteiger partial charge >= 0.3 is 5.97 Å². The topological polar surface area (TPSA) is 86.2 Å². The van der Waals surface area contributed by atoms with Crippen molar-refractivity contribution < 1.29 is 23.8 Å².